The number of nitrogens with one attached hydrogen (secondary N) is 2. The molecule has 132 valence electrons. The lowest BCUT2D eigenvalue weighted by Gasteiger charge is -2.26. The molecule has 3 N–H and O–H groups in total. The molecule has 0 aliphatic rings. The summed E-state index contributed by atoms with van der Waals surface area (Å²) >= 11 is 0. The number of carboxylic acid groups (broad SMARTS) is 1. The van der Waals surface area contributed by atoms with Crippen LogP contribution in [0.5, 0.6) is 0 Å². The molecule has 0 radical (unpaired) electrons. The van der Waals surface area contributed by atoms with Gasteiger partial charge in [-0.05, 0) is 17.9 Å². The highest BCUT2D eigenvalue weighted by molar-refractivity contribution is 5.86. The lowest BCUT2D eigenvalue weighted by molar-refractivity contribution is -0.126. The molecule has 8 heteroatoms. The summed E-state index contributed by atoms with van der Waals surface area (Å²) < 4.78 is 4.95. The maximum Gasteiger partial charge on any atom is 0.426 e. The number of amides is 3. The van der Waals surface area contributed by atoms with Gasteiger partial charge in [0.1, 0.15) is 12.6 Å². The van der Waals surface area contributed by atoms with Gasteiger partial charge < -0.3 is 9.84 Å². The molecule has 0 saturated carbocycles. The van der Waals surface area contributed by atoms with E-state index in [9.17, 15) is 14.4 Å². The van der Waals surface area contributed by atoms with Crippen LogP contribution in [0.4, 0.5) is 9.59 Å². The number of ether oxygens (including phenoxy) is 1. The third-order valence-electron chi connectivity index (χ3n) is 3.27. The fraction of sp³-hybridized carbons (Fsp3) is 0.438. The van der Waals surface area contributed by atoms with Crippen molar-refractivity contribution < 1.29 is 24.2 Å². The largest absolute Gasteiger partial charge is 0.465 e. The average Bonchev–Trinajstić information content (AvgIpc) is 2.55. The fourth-order valence-corrected chi connectivity index (χ4v) is 1.98. The van der Waals surface area contributed by atoms with Crippen molar-refractivity contribution in [2.75, 3.05) is 7.05 Å². The predicted octanol–water partition coefficient (Wildman–Crippen LogP) is 1.97. The Morgan fingerprint density at radius 1 is 1.17 bits per heavy atom. The van der Waals surface area contributed by atoms with Gasteiger partial charge in [-0.2, -0.15) is 0 Å². The Labute approximate surface area is 140 Å². The third-order valence-corrected chi connectivity index (χ3v) is 3.27. The minimum absolute atomic E-state index is 0.0625. The van der Waals surface area contributed by atoms with Crippen LogP contribution >= 0.6 is 0 Å². The molecule has 0 aromatic heterocycles. The second kappa shape index (κ2) is 9.39. The average molecular weight is 337 g/mol. The van der Waals surface area contributed by atoms with E-state index >= 15 is 0 Å². The van der Waals surface area contributed by atoms with Gasteiger partial charge in [-0.1, -0.05) is 44.2 Å². The highest BCUT2D eigenvalue weighted by Crippen LogP contribution is 2.10. The van der Waals surface area contributed by atoms with E-state index < -0.39 is 24.1 Å². The van der Waals surface area contributed by atoms with Crippen LogP contribution in [0.3, 0.4) is 0 Å². The number of hydrogen-bond donors (Lipinski definition) is 3. The Hall–Kier alpha value is -2.77. The van der Waals surface area contributed by atoms with Gasteiger partial charge in [0.05, 0.1) is 0 Å². The molecule has 1 rings (SSSR count). The summed E-state index contributed by atoms with van der Waals surface area (Å²) in [4.78, 5) is 35.7. The fourth-order valence-electron chi connectivity index (χ4n) is 1.98. The van der Waals surface area contributed by atoms with Gasteiger partial charge in [0.25, 0.3) is 5.91 Å². The molecule has 0 fully saturated rings. The molecular weight excluding hydrogens is 314 g/mol. The number of likely N-dealkylation sites (N-methyl/N-ethyl adjacent to an activating group) is 1. The quantitative estimate of drug-likeness (QED) is 0.688. The zero-order valence-electron chi connectivity index (χ0n) is 14.0. The van der Waals surface area contributed by atoms with Crippen molar-refractivity contribution in [3.63, 3.8) is 0 Å². The molecule has 0 aliphatic carbocycles. The van der Waals surface area contributed by atoms with Crippen LogP contribution in [-0.4, -0.2) is 41.2 Å². The second-order valence-corrected chi connectivity index (χ2v) is 5.71. The summed E-state index contributed by atoms with van der Waals surface area (Å²) in [5, 5.41) is 9.04. The van der Waals surface area contributed by atoms with Crippen LogP contribution in [-0.2, 0) is 16.1 Å². The smallest absolute Gasteiger partial charge is 0.426 e. The maximum atomic E-state index is 12.1. The van der Waals surface area contributed by atoms with E-state index in [1.54, 1.807) is 12.1 Å². The number of nitrogens with zero attached hydrogens (tertiary/aromatic N) is 1. The summed E-state index contributed by atoms with van der Waals surface area (Å²) in [5.41, 5.74) is 5.12. The molecule has 8 nitrogen and oxygen atoms in total. The van der Waals surface area contributed by atoms with Gasteiger partial charge in [0.2, 0.25) is 0 Å². The summed E-state index contributed by atoms with van der Waals surface area (Å²) in [7, 11) is 1.31. The van der Waals surface area contributed by atoms with Crippen molar-refractivity contribution in [2.24, 2.45) is 5.92 Å². The number of carbonyl (C=O) groups excluding carboxylic acids is 2. The van der Waals surface area contributed by atoms with Crippen molar-refractivity contribution in [3.8, 4) is 0 Å². The van der Waals surface area contributed by atoms with E-state index in [0.717, 1.165) is 10.5 Å². The summed E-state index contributed by atoms with van der Waals surface area (Å²) in [6.07, 6.45) is -1.72. The molecular formula is C16H23N3O5. The monoisotopic (exact) mass is 337 g/mol. The molecule has 1 unspecified atom stereocenters. The standard InChI is InChI=1S/C16H23N3O5/c1-11(2)9-13(19(3)16(22)23)14(20)17-18-15(21)24-10-12-7-5-4-6-8-12/h4-8,11,13H,9-10H2,1-3H3,(H,17,20)(H,18,21)(H,22,23). The van der Waals surface area contributed by atoms with Crippen LogP contribution < -0.4 is 10.9 Å². The number of benzene rings is 1. The SMILES string of the molecule is CC(C)CC(C(=O)NNC(=O)OCc1ccccc1)N(C)C(=O)O. The number of hydrazine groups is 1. The van der Waals surface area contributed by atoms with Crippen molar-refractivity contribution in [1.29, 1.82) is 0 Å². The predicted molar refractivity (Wildman–Crippen MR) is 86.9 cm³/mol. The maximum absolute atomic E-state index is 12.1. The van der Waals surface area contributed by atoms with Crippen LogP contribution in [0.2, 0.25) is 0 Å². The highest BCUT2D eigenvalue weighted by Gasteiger charge is 2.27. The third kappa shape index (κ3) is 6.55. The Bertz CT molecular complexity index is 562. The number of carbonyl (C=O) groups is 3. The van der Waals surface area contributed by atoms with Gasteiger partial charge in [0, 0.05) is 7.05 Å². The van der Waals surface area contributed by atoms with Gasteiger partial charge in [-0.3, -0.25) is 15.1 Å². The zero-order valence-corrected chi connectivity index (χ0v) is 14.0. The van der Waals surface area contributed by atoms with Gasteiger partial charge in [-0.25, -0.2) is 15.0 Å². The molecule has 3 amide bonds. The van der Waals surface area contributed by atoms with Gasteiger partial charge in [0.15, 0.2) is 0 Å². The van der Waals surface area contributed by atoms with Crippen molar-refractivity contribution in [1.82, 2.24) is 15.8 Å². The van der Waals surface area contributed by atoms with Gasteiger partial charge >= 0.3 is 12.2 Å². The van der Waals surface area contributed by atoms with E-state index in [1.165, 1.54) is 7.05 Å². The molecule has 1 aromatic carbocycles. The first-order valence-electron chi connectivity index (χ1n) is 7.53. The lowest BCUT2D eigenvalue weighted by atomic mass is 10.0. The van der Waals surface area contributed by atoms with Crippen molar-refractivity contribution in [2.45, 2.75) is 32.9 Å². The Balaban J connectivity index is 2.48. The second-order valence-electron chi connectivity index (χ2n) is 5.71. The Morgan fingerprint density at radius 2 is 1.79 bits per heavy atom. The Morgan fingerprint density at radius 3 is 2.33 bits per heavy atom. The molecule has 1 aromatic rings. The van der Waals surface area contributed by atoms with Crippen LogP contribution in [0.15, 0.2) is 30.3 Å². The molecule has 0 aliphatic heterocycles. The molecule has 0 heterocycles. The zero-order chi connectivity index (χ0) is 18.1. The number of rotatable bonds is 6. The number of hydrogen-bond acceptors (Lipinski definition) is 4. The first-order chi connectivity index (χ1) is 11.3. The molecule has 0 bridgehead atoms. The van der Waals surface area contributed by atoms with Crippen molar-refractivity contribution in [3.05, 3.63) is 35.9 Å². The van der Waals surface area contributed by atoms with Gasteiger partial charge in [-0.15, -0.1) is 0 Å². The summed E-state index contributed by atoms with van der Waals surface area (Å²) in [5.74, 6) is -0.516. The molecule has 24 heavy (non-hydrogen) atoms. The molecule has 1 atom stereocenters. The summed E-state index contributed by atoms with van der Waals surface area (Å²) in [6.45, 7) is 3.81. The van der Waals surface area contributed by atoms with E-state index in [4.69, 9.17) is 9.84 Å². The van der Waals surface area contributed by atoms with E-state index in [1.807, 2.05) is 32.0 Å². The highest BCUT2D eigenvalue weighted by atomic mass is 16.6. The van der Waals surface area contributed by atoms with E-state index in [0.29, 0.717) is 6.42 Å². The van der Waals surface area contributed by atoms with E-state index in [-0.39, 0.29) is 12.5 Å². The normalized spacial score (nSPS) is 11.5. The van der Waals surface area contributed by atoms with Crippen molar-refractivity contribution >= 4 is 18.1 Å². The molecule has 0 spiro atoms. The minimum Gasteiger partial charge on any atom is -0.465 e. The van der Waals surface area contributed by atoms with Crippen LogP contribution in [0.25, 0.3) is 0 Å². The lowest BCUT2D eigenvalue weighted by Crippen LogP contribution is -2.53. The van der Waals surface area contributed by atoms with E-state index in [2.05, 4.69) is 10.9 Å². The van der Waals surface area contributed by atoms with Crippen LogP contribution in [0.1, 0.15) is 25.8 Å². The molecule has 0 saturated heterocycles. The van der Waals surface area contributed by atoms with Crippen LogP contribution in [0, 0.1) is 5.92 Å². The first-order valence-corrected chi connectivity index (χ1v) is 7.53. The topological polar surface area (TPSA) is 108 Å². The first kappa shape index (κ1) is 19.3. The Kier molecular flexibility index (Phi) is 7.54. The summed E-state index contributed by atoms with van der Waals surface area (Å²) in [6, 6.07) is 8.17. The minimum atomic E-state index is -1.22.